The highest BCUT2D eigenvalue weighted by Crippen LogP contribution is 2.56. The van der Waals surface area contributed by atoms with E-state index in [1.54, 1.807) is 0 Å². The van der Waals surface area contributed by atoms with Crippen molar-refractivity contribution >= 4 is 43.5 Å². The van der Waals surface area contributed by atoms with Gasteiger partial charge in [0.05, 0.1) is 0 Å². The summed E-state index contributed by atoms with van der Waals surface area (Å²) in [7, 11) is 0. The summed E-state index contributed by atoms with van der Waals surface area (Å²) in [6, 6.07) is 81.9. The largest absolute Gasteiger partial charge is 0.455 e. The summed E-state index contributed by atoms with van der Waals surface area (Å²) in [5, 5.41) is 6.81. The predicted molar refractivity (Wildman–Crippen MR) is 259 cm³/mol. The highest BCUT2D eigenvalue weighted by molar-refractivity contribution is 6.27. The van der Waals surface area contributed by atoms with E-state index in [2.05, 4.69) is 231 Å². The molecule has 0 saturated carbocycles. The Bertz CT molecular complexity index is 3540. The molecule has 2 heterocycles. The standard InChI is InChI=1S/C60H38O2/c1-5-20-42(21-6-1)51-55-53(44-35-33-41(34-36-44)50-31-17-29-40-19-15-16-30-49(40)50)59-56(52(43-22-7-2-8-23-43)58(61-59)46-26-11-4-12-27-46)54(48-37-32-39-18-13-14-28-47(39)38-48)60(55)62-57(51)45-24-9-3-10-25-45/h1-38H. The number of fused-ring (bicyclic) bond motifs is 4. The monoisotopic (exact) mass is 790 g/mol. The average Bonchev–Trinajstić information content (AvgIpc) is 3.94. The van der Waals surface area contributed by atoms with E-state index in [-0.39, 0.29) is 0 Å². The van der Waals surface area contributed by atoms with E-state index in [9.17, 15) is 0 Å². The Morgan fingerprint density at radius 3 is 1.21 bits per heavy atom. The van der Waals surface area contributed by atoms with Gasteiger partial charge in [-0.05, 0) is 61.0 Å². The minimum absolute atomic E-state index is 0.814. The van der Waals surface area contributed by atoms with Crippen molar-refractivity contribution < 1.29 is 8.83 Å². The van der Waals surface area contributed by atoms with Crippen LogP contribution in [0.3, 0.4) is 0 Å². The van der Waals surface area contributed by atoms with Crippen LogP contribution < -0.4 is 0 Å². The lowest BCUT2D eigenvalue weighted by Gasteiger charge is -2.14. The molecule has 0 radical (unpaired) electrons. The second kappa shape index (κ2) is 14.8. The van der Waals surface area contributed by atoms with Gasteiger partial charge in [-0.25, -0.2) is 0 Å². The number of benzene rings is 10. The van der Waals surface area contributed by atoms with E-state index in [0.29, 0.717) is 0 Å². The summed E-state index contributed by atoms with van der Waals surface area (Å²) in [5.74, 6) is 1.64. The van der Waals surface area contributed by atoms with Crippen LogP contribution >= 0.6 is 0 Å². The van der Waals surface area contributed by atoms with Crippen LogP contribution in [0.4, 0.5) is 0 Å². The van der Waals surface area contributed by atoms with Crippen molar-refractivity contribution in [1.29, 1.82) is 0 Å². The van der Waals surface area contributed by atoms with Gasteiger partial charge in [-0.15, -0.1) is 0 Å². The quantitative estimate of drug-likeness (QED) is 0.161. The lowest BCUT2D eigenvalue weighted by molar-refractivity contribution is 0.630. The summed E-state index contributed by atoms with van der Waals surface area (Å²) >= 11 is 0. The van der Waals surface area contributed by atoms with E-state index in [0.717, 1.165) is 100 Å². The molecule has 0 saturated heterocycles. The summed E-state index contributed by atoms with van der Waals surface area (Å²) in [6.45, 7) is 0. The van der Waals surface area contributed by atoms with E-state index < -0.39 is 0 Å². The third-order valence-corrected chi connectivity index (χ3v) is 12.3. The van der Waals surface area contributed by atoms with Gasteiger partial charge < -0.3 is 8.83 Å². The Hall–Kier alpha value is -8.20. The molecule has 290 valence electrons. The van der Waals surface area contributed by atoms with Crippen LogP contribution in [0.1, 0.15) is 0 Å². The molecule has 0 fully saturated rings. The maximum Gasteiger partial charge on any atom is 0.144 e. The van der Waals surface area contributed by atoms with Crippen LogP contribution in [-0.4, -0.2) is 0 Å². The van der Waals surface area contributed by atoms with Crippen LogP contribution in [0.2, 0.25) is 0 Å². The molecule has 2 heteroatoms. The second-order valence-electron chi connectivity index (χ2n) is 15.9. The van der Waals surface area contributed by atoms with Gasteiger partial charge >= 0.3 is 0 Å². The lowest BCUT2D eigenvalue weighted by atomic mass is 9.85. The fourth-order valence-electron chi connectivity index (χ4n) is 9.45. The smallest absolute Gasteiger partial charge is 0.144 e. The molecule has 0 bridgehead atoms. The summed E-state index contributed by atoms with van der Waals surface area (Å²) < 4.78 is 15.0. The molecule has 12 rings (SSSR count). The molecule has 0 amide bonds. The number of hydrogen-bond acceptors (Lipinski definition) is 2. The summed E-state index contributed by atoms with van der Waals surface area (Å²) in [6.07, 6.45) is 0. The van der Waals surface area contributed by atoms with Gasteiger partial charge in [0.2, 0.25) is 0 Å². The van der Waals surface area contributed by atoms with Gasteiger partial charge in [-0.2, -0.15) is 0 Å². The molecular formula is C60H38O2. The molecule has 0 aliphatic carbocycles. The molecule has 0 spiro atoms. The van der Waals surface area contributed by atoms with Crippen LogP contribution in [0, 0.1) is 0 Å². The van der Waals surface area contributed by atoms with Gasteiger partial charge in [0.25, 0.3) is 0 Å². The number of furan rings is 2. The highest BCUT2D eigenvalue weighted by Gasteiger charge is 2.32. The zero-order valence-corrected chi connectivity index (χ0v) is 33.8. The molecule has 0 aliphatic heterocycles. The molecule has 0 aliphatic rings. The summed E-state index contributed by atoms with van der Waals surface area (Å²) in [4.78, 5) is 0. The zero-order valence-electron chi connectivity index (χ0n) is 33.8. The SMILES string of the molecule is c1ccc(-c2oc3c(-c4ccc5ccccc5c4)c4c(-c5ccccc5)c(-c5ccccc5)oc4c(-c4ccc(-c5cccc6ccccc56)cc4)c3c2-c2ccccc2)cc1. The first-order valence-electron chi connectivity index (χ1n) is 21.2. The topological polar surface area (TPSA) is 26.3 Å². The maximum absolute atomic E-state index is 7.52. The lowest BCUT2D eigenvalue weighted by Crippen LogP contribution is -1.90. The Balaban J connectivity index is 1.28. The Kier molecular flexibility index (Phi) is 8.53. The third kappa shape index (κ3) is 5.88. The van der Waals surface area contributed by atoms with E-state index >= 15 is 0 Å². The minimum atomic E-state index is 0.814. The van der Waals surface area contributed by atoms with Crippen LogP contribution in [0.25, 0.3) is 122 Å². The van der Waals surface area contributed by atoms with E-state index in [4.69, 9.17) is 8.83 Å². The van der Waals surface area contributed by atoms with E-state index in [1.807, 2.05) is 0 Å². The average molecular weight is 791 g/mol. The first kappa shape index (κ1) is 35.7. The fraction of sp³-hybridized carbons (Fsp3) is 0. The molecular weight excluding hydrogens is 753 g/mol. The molecule has 0 unspecified atom stereocenters. The number of hydrogen-bond donors (Lipinski definition) is 0. The zero-order chi connectivity index (χ0) is 41.0. The first-order valence-corrected chi connectivity index (χ1v) is 21.2. The van der Waals surface area contributed by atoms with Crippen molar-refractivity contribution in [3.8, 4) is 78.3 Å². The Labute approximate surface area is 359 Å². The molecule has 2 aromatic heterocycles. The van der Waals surface area contributed by atoms with Crippen molar-refractivity contribution in [1.82, 2.24) is 0 Å². The van der Waals surface area contributed by atoms with Gasteiger partial charge in [0.1, 0.15) is 22.7 Å². The van der Waals surface area contributed by atoms with Crippen LogP contribution in [0.15, 0.2) is 239 Å². The second-order valence-corrected chi connectivity index (χ2v) is 15.9. The van der Waals surface area contributed by atoms with Crippen molar-refractivity contribution in [3.63, 3.8) is 0 Å². The molecule has 62 heavy (non-hydrogen) atoms. The van der Waals surface area contributed by atoms with Crippen molar-refractivity contribution in [3.05, 3.63) is 231 Å². The van der Waals surface area contributed by atoms with Crippen molar-refractivity contribution in [2.75, 3.05) is 0 Å². The molecule has 0 N–H and O–H groups in total. The van der Waals surface area contributed by atoms with Gasteiger partial charge in [-0.1, -0.05) is 224 Å². The maximum atomic E-state index is 7.52. The van der Waals surface area contributed by atoms with Crippen molar-refractivity contribution in [2.24, 2.45) is 0 Å². The van der Waals surface area contributed by atoms with Gasteiger partial charge in [-0.3, -0.25) is 0 Å². The highest BCUT2D eigenvalue weighted by atomic mass is 16.3. The predicted octanol–water partition coefficient (Wildman–Crippen LogP) is 17.2. The van der Waals surface area contributed by atoms with E-state index in [1.165, 1.54) is 21.7 Å². The Morgan fingerprint density at radius 2 is 0.645 bits per heavy atom. The molecule has 2 nitrogen and oxygen atoms in total. The van der Waals surface area contributed by atoms with Gasteiger partial charge in [0, 0.05) is 44.2 Å². The first-order chi connectivity index (χ1) is 30.8. The van der Waals surface area contributed by atoms with Crippen molar-refractivity contribution in [2.45, 2.75) is 0 Å². The third-order valence-electron chi connectivity index (χ3n) is 12.3. The van der Waals surface area contributed by atoms with Crippen LogP contribution in [0.5, 0.6) is 0 Å². The fourth-order valence-corrected chi connectivity index (χ4v) is 9.45. The minimum Gasteiger partial charge on any atom is -0.455 e. The summed E-state index contributed by atoms with van der Waals surface area (Å²) in [5.41, 5.74) is 14.3. The Morgan fingerprint density at radius 1 is 0.242 bits per heavy atom. The normalized spacial score (nSPS) is 11.5. The molecule has 0 atom stereocenters. The van der Waals surface area contributed by atoms with Gasteiger partial charge in [0.15, 0.2) is 0 Å². The van der Waals surface area contributed by atoms with Crippen LogP contribution in [-0.2, 0) is 0 Å². The molecule has 10 aromatic carbocycles. The number of rotatable bonds is 7. The molecule has 12 aromatic rings.